The lowest BCUT2D eigenvalue weighted by Crippen LogP contribution is -2.34. The monoisotopic (exact) mass is 302 g/mol. The van der Waals surface area contributed by atoms with Crippen LogP contribution in [-0.2, 0) is 11.3 Å². The first-order chi connectivity index (χ1) is 10.7. The maximum absolute atomic E-state index is 5.18. The Bertz CT molecular complexity index is 439. The summed E-state index contributed by atoms with van der Waals surface area (Å²) in [6.45, 7) is 11.7. The van der Waals surface area contributed by atoms with E-state index in [0.29, 0.717) is 0 Å². The largest absolute Gasteiger partial charge is 0.500 e. The van der Waals surface area contributed by atoms with Gasteiger partial charge < -0.3 is 9.64 Å². The van der Waals surface area contributed by atoms with Crippen LogP contribution in [0, 0.1) is 0 Å². The third-order valence-electron chi connectivity index (χ3n) is 4.39. The fourth-order valence-electron chi connectivity index (χ4n) is 2.63. The molecule has 0 atom stereocenters. The number of nitrogens with zero attached hydrogens (tertiary/aromatic N) is 2. The van der Waals surface area contributed by atoms with Gasteiger partial charge in [0, 0.05) is 26.2 Å². The summed E-state index contributed by atoms with van der Waals surface area (Å²) < 4.78 is 5.18. The molecular weight excluding hydrogens is 272 g/mol. The first-order valence-corrected chi connectivity index (χ1v) is 8.45. The molecule has 3 heteroatoms. The normalized spacial score (nSPS) is 14.5. The smallest absolute Gasteiger partial charge is 0.0999 e. The van der Waals surface area contributed by atoms with E-state index in [0.717, 1.165) is 45.2 Å². The molecule has 122 valence electrons. The van der Waals surface area contributed by atoms with Crippen molar-refractivity contribution in [3.63, 3.8) is 0 Å². The lowest BCUT2D eigenvalue weighted by molar-refractivity contribution is 0.177. The van der Waals surface area contributed by atoms with E-state index in [2.05, 4.69) is 54.6 Å². The maximum Gasteiger partial charge on any atom is 0.0999 e. The van der Waals surface area contributed by atoms with Crippen LogP contribution >= 0.6 is 0 Å². The molecule has 0 bridgehead atoms. The summed E-state index contributed by atoms with van der Waals surface area (Å²) in [5, 5.41) is 0. The van der Waals surface area contributed by atoms with E-state index in [-0.39, 0.29) is 0 Å². The van der Waals surface area contributed by atoms with Crippen LogP contribution in [0.4, 0.5) is 0 Å². The van der Waals surface area contributed by atoms with Gasteiger partial charge in [-0.3, -0.25) is 4.90 Å². The molecule has 3 nitrogen and oxygen atoms in total. The van der Waals surface area contributed by atoms with Crippen molar-refractivity contribution in [2.24, 2.45) is 0 Å². The zero-order chi connectivity index (χ0) is 15.8. The van der Waals surface area contributed by atoms with Gasteiger partial charge in [-0.25, -0.2) is 0 Å². The van der Waals surface area contributed by atoms with Gasteiger partial charge in [0.05, 0.1) is 12.9 Å². The molecule has 0 spiro atoms. The molecule has 0 heterocycles. The zero-order valence-corrected chi connectivity index (χ0v) is 14.1. The molecule has 22 heavy (non-hydrogen) atoms. The van der Waals surface area contributed by atoms with Gasteiger partial charge in [0.25, 0.3) is 0 Å². The third-order valence-corrected chi connectivity index (χ3v) is 4.39. The van der Waals surface area contributed by atoms with Crippen LogP contribution in [0.3, 0.4) is 0 Å². The van der Waals surface area contributed by atoms with Crippen LogP contribution in [0.2, 0.25) is 0 Å². The molecule has 1 fully saturated rings. The molecule has 0 radical (unpaired) electrons. The Labute approximate surface area is 135 Å². The molecule has 0 unspecified atom stereocenters. The summed E-state index contributed by atoms with van der Waals surface area (Å²) in [4.78, 5) is 4.80. The predicted octanol–water partition coefficient (Wildman–Crippen LogP) is 3.48. The Morgan fingerprint density at radius 1 is 1.18 bits per heavy atom. The molecule has 0 saturated heterocycles. The summed E-state index contributed by atoms with van der Waals surface area (Å²) in [7, 11) is 2.14. The van der Waals surface area contributed by atoms with Crippen molar-refractivity contribution in [2.75, 3.05) is 39.8 Å². The van der Waals surface area contributed by atoms with Crippen LogP contribution < -0.4 is 0 Å². The van der Waals surface area contributed by atoms with Crippen LogP contribution in [0.25, 0.3) is 0 Å². The Morgan fingerprint density at radius 2 is 1.91 bits per heavy atom. The highest BCUT2D eigenvalue weighted by Gasteiger charge is 2.22. The predicted molar refractivity (Wildman–Crippen MR) is 93.0 cm³/mol. The van der Waals surface area contributed by atoms with Crippen molar-refractivity contribution in [2.45, 2.75) is 32.2 Å². The number of hydrogen-bond donors (Lipinski definition) is 0. The van der Waals surface area contributed by atoms with E-state index in [4.69, 9.17) is 4.74 Å². The van der Waals surface area contributed by atoms with Crippen LogP contribution in [-0.4, -0.2) is 49.6 Å². The Balaban J connectivity index is 1.72. The summed E-state index contributed by atoms with van der Waals surface area (Å²) >= 11 is 0. The fourth-order valence-corrected chi connectivity index (χ4v) is 2.63. The van der Waals surface area contributed by atoms with E-state index in [1.807, 2.05) is 0 Å². The first kappa shape index (κ1) is 17.0. The second-order valence-electron chi connectivity index (χ2n) is 6.23. The molecule has 1 saturated carbocycles. The van der Waals surface area contributed by atoms with Crippen molar-refractivity contribution >= 4 is 0 Å². The summed E-state index contributed by atoms with van der Waals surface area (Å²) in [5.74, 6) is 0.850. The molecule has 1 aliphatic rings. The van der Waals surface area contributed by atoms with Gasteiger partial charge in [-0.15, -0.1) is 0 Å². The van der Waals surface area contributed by atoms with Crippen molar-refractivity contribution in [1.82, 2.24) is 9.80 Å². The fraction of sp³-hybridized carbons (Fsp3) is 0.579. The number of ether oxygens (including phenoxy) is 1. The molecular formula is C19H30N2O. The van der Waals surface area contributed by atoms with Crippen LogP contribution in [0.15, 0.2) is 37.1 Å². The van der Waals surface area contributed by atoms with Crippen LogP contribution in [0.1, 0.15) is 36.8 Å². The van der Waals surface area contributed by atoms with Crippen molar-refractivity contribution in [1.29, 1.82) is 0 Å². The Morgan fingerprint density at radius 3 is 2.50 bits per heavy atom. The van der Waals surface area contributed by atoms with Gasteiger partial charge in [0.1, 0.15) is 0 Å². The van der Waals surface area contributed by atoms with E-state index in [9.17, 15) is 0 Å². The Kier molecular flexibility index (Phi) is 6.94. The van der Waals surface area contributed by atoms with E-state index >= 15 is 0 Å². The highest BCUT2D eigenvalue weighted by Crippen LogP contribution is 2.39. The highest BCUT2D eigenvalue weighted by atomic mass is 16.5. The lowest BCUT2D eigenvalue weighted by Gasteiger charge is -2.24. The molecule has 0 aromatic heterocycles. The van der Waals surface area contributed by atoms with Crippen molar-refractivity contribution in [3.05, 3.63) is 48.2 Å². The molecule has 1 aromatic rings. The van der Waals surface area contributed by atoms with Gasteiger partial charge in [-0.2, -0.15) is 0 Å². The maximum atomic E-state index is 5.18. The second-order valence-corrected chi connectivity index (χ2v) is 6.23. The summed E-state index contributed by atoms with van der Waals surface area (Å²) in [6.07, 6.45) is 4.27. The van der Waals surface area contributed by atoms with Gasteiger partial charge in [0.2, 0.25) is 0 Å². The van der Waals surface area contributed by atoms with Gasteiger partial charge in [0.15, 0.2) is 0 Å². The standard InChI is InChI=1S/C19H30N2O/c1-4-21(13-12-20(3)14-15-22-5-2)16-17-6-8-18(9-7-17)19-10-11-19/h5-9,19H,2,4,10-16H2,1,3H3. The minimum absolute atomic E-state index is 0.717. The number of hydrogen-bond acceptors (Lipinski definition) is 3. The molecule has 0 aliphatic heterocycles. The molecule has 2 rings (SSSR count). The average Bonchev–Trinajstić information content (AvgIpc) is 3.37. The average molecular weight is 302 g/mol. The third kappa shape index (κ3) is 5.82. The lowest BCUT2D eigenvalue weighted by atomic mass is 10.1. The molecule has 0 N–H and O–H groups in total. The minimum atomic E-state index is 0.717. The highest BCUT2D eigenvalue weighted by molar-refractivity contribution is 5.28. The van der Waals surface area contributed by atoms with Crippen molar-refractivity contribution in [3.8, 4) is 0 Å². The van der Waals surface area contributed by atoms with Gasteiger partial charge in [-0.05, 0) is 43.5 Å². The number of rotatable bonds is 11. The van der Waals surface area contributed by atoms with Crippen LogP contribution in [0.5, 0.6) is 0 Å². The number of likely N-dealkylation sites (N-methyl/N-ethyl adjacent to an activating group) is 2. The second kappa shape index (κ2) is 8.96. The minimum Gasteiger partial charge on any atom is -0.500 e. The van der Waals surface area contributed by atoms with Gasteiger partial charge >= 0.3 is 0 Å². The molecule has 0 amide bonds. The SMILES string of the molecule is C=COCCN(C)CCN(CC)Cc1ccc(C2CC2)cc1. The van der Waals surface area contributed by atoms with Crippen molar-refractivity contribution < 1.29 is 4.74 Å². The quantitative estimate of drug-likeness (QED) is 0.460. The topological polar surface area (TPSA) is 15.7 Å². The molecule has 1 aliphatic carbocycles. The Hall–Kier alpha value is -1.32. The van der Waals surface area contributed by atoms with E-state index < -0.39 is 0 Å². The summed E-state index contributed by atoms with van der Waals surface area (Å²) in [5.41, 5.74) is 2.94. The van der Waals surface area contributed by atoms with E-state index in [1.165, 1.54) is 30.2 Å². The number of benzene rings is 1. The van der Waals surface area contributed by atoms with E-state index in [1.54, 1.807) is 0 Å². The first-order valence-electron chi connectivity index (χ1n) is 8.45. The molecule has 1 aromatic carbocycles. The van der Waals surface area contributed by atoms with Gasteiger partial charge in [-0.1, -0.05) is 37.8 Å². The summed E-state index contributed by atoms with van der Waals surface area (Å²) in [6, 6.07) is 9.25. The zero-order valence-electron chi connectivity index (χ0n) is 14.1.